The number of ether oxygens (including phenoxy) is 2. The lowest BCUT2D eigenvalue weighted by Gasteiger charge is -2.28. The van der Waals surface area contributed by atoms with Gasteiger partial charge in [0.15, 0.2) is 11.5 Å². The summed E-state index contributed by atoms with van der Waals surface area (Å²) in [6, 6.07) is 5.72. The smallest absolute Gasteiger partial charge is 0.254 e. The van der Waals surface area contributed by atoms with Crippen molar-refractivity contribution < 1.29 is 14.3 Å². The van der Waals surface area contributed by atoms with Crippen molar-refractivity contribution in [2.75, 3.05) is 26.4 Å². The summed E-state index contributed by atoms with van der Waals surface area (Å²) >= 11 is 0. The molecule has 1 amide bonds. The Morgan fingerprint density at radius 1 is 1.40 bits per heavy atom. The lowest BCUT2D eigenvalue weighted by molar-refractivity contribution is 0.0692. The Labute approximate surface area is 118 Å². The van der Waals surface area contributed by atoms with Crippen molar-refractivity contribution in [2.24, 2.45) is 0 Å². The lowest BCUT2D eigenvalue weighted by atomic mass is 10.1. The monoisotopic (exact) mass is 276 g/mol. The maximum absolute atomic E-state index is 12.7. The van der Waals surface area contributed by atoms with Crippen LogP contribution in [-0.2, 0) is 0 Å². The van der Waals surface area contributed by atoms with Gasteiger partial charge in [-0.2, -0.15) is 0 Å². The molecule has 1 fully saturated rings. The van der Waals surface area contributed by atoms with Crippen LogP contribution in [0.4, 0.5) is 0 Å². The minimum absolute atomic E-state index is 0.0823. The van der Waals surface area contributed by atoms with Gasteiger partial charge < -0.3 is 19.7 Å². The van der Waals surface area contributed by atoms with Crippen LogP contribution in [0.5, 0.6) is 11.5 Å². The van der Waals surface area contributed by atoms with Gasteiger partial charge in [-0.25, -0.2) is 0 Å². The third-order valence-corrected chi connectivity index (χ3v) is 3.82. The van der Waals surface area contributed by atoms with Gasteiger partial charge in [-0.05, 0) is 37.6 Å². The number of hydrogen-bond acceptors (Lipinski definition) is 4. The second kappa shape index (κ2) is 5.71. The predicted octanol–water partition coefficient (Wildman–Crippen LogP) is 1.63. The highest BCUT2D eigenvalue weighted by molar-refractivity contribution is 5.95. The maximum Gasteiger partial charge on any atom is 0.254 e. The molecule has 0 spiro atoms. The quantitative estimate of drug-likeness (QED) is 0.908. The molecule has 1 saturated heterocycles. The summed E-state index contributed by atoms with van der Waals surface area (Å²) in [7, 11) is 0. The average Bonchev–Trinajstić information content (AvgIpc) is 3.13. The van der Waals surface area contributed by atoms with E-state index in [1.807, 2.05) is 17.0 Å². The van der Waals surface area contributed by atoms with E-state index in [0.717, 1.165) is 32.5 Å². The Balaban J connectivity index is 1.81. The third-order valence-electron chi connectivity index (χ3n) is 3.82. The van der Waals surface area contributed by atoms with E-state index >= 15 is 0 Å². The molecular formula is C15H20N2O3. The normalized spacial score (nSPS) is 20.1. The maximum atomic E-state index is 12.7. The van der Waals surface area contributed by atoms with Gasteiger partial charge in [-0.3, -0.25) is 4.79 Å². The zero-order chi connectivity index (χ0) is 13.9. The van der Waals surface area contributed by atoms with E-state index in [-0.39, 0.29) is 12.7 Å². The highest BCUT2D eigenvalue weighted by Crippen LogP contribution is 2.33. The van der Waals surface area contributed by atoms with Crippen molar-refractivity contribution in [3.63, 3.8) is 0 Å². The molecule has 0 saturated carbocycles. The van der Waals surface area contributed by atoms with Crippen molar-refractivity contribution in [1.29, 1.82) is 0 Å². The van der Waals surface area contributed by atoms with Crippen LogP contribution in [0.3, 0.4) is 0 Å². The highest BCUT2D eigenvalue weighted by Gasteiger charge is 2.27. The number of benzene rings is 1. The first-order valence-corrected chi connectivity index (χ1v) is 7.21. The van der Waals surface area contributed by atoms with Crippen LogP contribution < -0.4 is 14.8 Å². The van der Waals surface area contributed by atoms with Crippen molar-refractivity contribution in [1.82, 2.24) is 10.2 Å². The number of nitrogens with one attached hydrogen (secondary N) is 1. The van der Waals surface area contributed by atoms with Crippen LogP contribution >= 0.6 is 0 Å². The molecule has 5 heteroatoms. The van der Waals surface area contributed by atoms with Crippen molar-refractivity contribution in [3.8, 4) is 11.5 Å². The fraction of sp³-hybridized carbons (Fsp3) is 0.533. The number of amides is 1. The van der Waals surface area contributed by atoms with Gasteiger partial charge in [-0.1, -0.05) is 6.92 Å². The SMILES string of the molecule is CCCN(C(=O)c1ccc2c(c1)OCO2)C1CCNC1. The number of carbonyl (C=O) groups is 1. The molecule has 2 aliphatic rings. The minimum atomic E-state index is 0.0823. The van der Waals surface area contributed by atoms with E-state index in [1.54, 1.807) is 6.07 Å². The van der Waals surface area contributed by atoms with E-state index in [1.165, 1.54) is 0 Å². The van der Waals surface area contributed by atoms with E-state index in [4.69, 9.17) is 9.47 Å². The van der Waals surface area contributed by atoms with Crippen LogP contribution in [-0.4, -0.2) is 43.3 Å². The largest absolute Gasteiger partial charge is 0.454 e. The predicted molar refractivity (Wildman–Crippen MR) is 75.2 cm³/mol. The molecule has 108 valence electrons. The summed E-state index contributed by atoms with van der Waals surface area (Å²) in [5.41, 5.74) is 0.676. The first-order valence-electron chi connectivity index (χ1n) is 7.21. The van der Waals surface area contributed by atoms with Gasteiger partial charge in [0.1, 0.15) is 0 Å². The zero-order valence-electron chi connectivity index (χ0n) is 11.7. The number of hydrogen-bond donors (Lipinski definition) is 1. The Hall–Kier alpha value is -1.75. The van der Waals surface area contributed by atoms with E-state index in [9.17, 15) is 4.79 Å². The summed E-state index contributed by atoms with van der Waals surface area (Å²) in [5, 5.41) is 3.32. The van der Waals surface area contributed by atoms with Crippen molar-refractivity contribution in [2.45, 2.75) is 25.8 Å². The standard InChI is InChI=1S/C15H20N2O3/c1-2-7-17(12-5-6-16-9-12)15(18)11-3-4-13-14(8-11)20-10-19-13/h3-4,8,12,16H,2,5-7,9-10H2,1H3. The number of rotatable bonds is 4. The average molecular weight is 276 g/mol. The van der Waals surface area contributed by atoms with Gasteiger partial charge in [0.25, 0.3) is 5.91 Å². The molecule has 20 heavy (non-hydrogen) atoms. The molecule has 5 nitrogen and oxygen atoms in total. The minimum Gasteiger partial charge on any atom is -0.454 e. The van der Waals surface area contributed by atoms with Crippen molar-refractivity contribution in [3.05, 3.63) is 23.8 Å². The van der Waals surface area contributed by atoms with Gasteiger partial charge in [0.2, 0.25) is 6.79 Å². The Morgan fingerprint density at radius 3 is 3.00 bits per heavy atom. The molecule has 0 bridgehead atoms. The Morgan fingerprint density at radius 2 is 2.25 bits per heavy atom. The van der Waals surface area contributed by atoms with Gasteiger partial charge in [-0.15, -0.1) is 0 Å². The molecule has 1 N–H and O–H groups in total. The van der Waals surface area contributed by atoms with Gasteiger partial charge >= 0.3 is 0 Å². The first kappa shape index (κ1) is 13.2. The van der Waals surface area contributed by atoms with Crippen molar-refractivity contribution >= 4 is 5.91 Å². The number of fused-ring (bicyclic) bond motifs is 1. The summed E-state index contributed by atoms with van der Waals surface area (Å²) in [5.74, 6) is 1.46. The van der Waals surface area contributed by atoms with Crippen LogP contribution in [0.1, 0.15) is 30.1 Å². The topological polar surface area (TPSA) is 50.8 Å². The second-order valence-electron chi connectivity index (χ2n) is 5.21. The number of carbonyl (C=O) groups excluding carboxylic acids is 1. The lowest BCUT2D eigenvalue weighted by Crippen LogP contribution is -2.42. The molecule has 1 unspecified atom stereocenters. The number of nitrogens with zero attached hydrogens (tertiary/aromatic N) is 1. The third kappa shape index (κ3) is 2.45. The van der Waals surface area contributed by atoms with Crippen LogP contribution in [0.2, 0.25) is 0 Å². The summed E-state index contributed by atoms with van der Waals surface area (Å²) in [6.07, 6.45) is 1.99. The van der Waals surface area contributed by atoms with E-state index < -0.39 is 0 Å². The molecule has 0 aromatic heterocycles. The summed E-state index contributed by atoms with van der Waals surface area (Å²) < 4.78 is 10.6. The fourth-order valence-corrected chi connectivity index (χ4v) is 2.79. The summed E-state index contributed by atoms with van der Waals surface area (Å²) in [6.45, 7) is 5.00. The van der Waals surface area contributed by atoms with Crippen LogP contribution in [0, 0.1) is 0 Å². The Kier molecular flexibility index (Phi) is 3.78. The molecule has 2 aliphatic heterocycles. The first-order chi connectivity index (χ1) is 9.79. The van der Waals surface area contributed by atoms with E-state index in [2.05, 4.69) is 12.2 Å². The molecule has 1 aromatic carbocycles. The molecule has 1 aromatic rings. The molecule has 1 atom stereocenters. The van der Waals surface area contributed by atoms with Crippen LogP contribution in [0.15, 0.2) is 18.2 Å². The molecular weight excluding hydrogens is 256 g/mol. The summed E-state index contributed by atoms with van der Waals surface area (Å²) in [4.78, 5) is 14.7. The molecule has 3 rings (SSSR count). The highest BCUT2D eigenvalue weighted by atomic mass is 16.7. The fourth-order valence-electron chi connectivity index (χ4n) is 2.79. The molecule has 0 aliphatic carbocycles. The van der Waals surface area contributed by atoms with Crippen LogP contribution in [0.25, 0.3) is 0 Å². The molecule has 0 radical (unpaired) electrons. The van der Waals surface area contributed by atoms with Gasteiger partial charge in [0, 0.05) is 24.7 Å². The zero-order valence-corrected chi connectivity index (χ0v) is 11.7. The molecule has 2 heterocycles. The Bertz CT molecular complexity index is 498. The second-order valence-corrected chi connectivity index (χ2v) is 5.21. The van der Waals surface area contributed by atoms with Gasteiger partial charge in [0.05, 0.1) is 0 Å². The van der Waals surface area contributed by atoms with E-state index in [0.29, 0.717) is 23.1 Å².